The number of aliphatic imine (C=N–C) groups is 1. The molecule has 0 aromatic heterocycles. The minimum atomic E-state index is -0.501. The number of rotatable bonds is 1. The molecule has 0 radical (unpaired) electrons. The summed E-state index contributed by atoms with van der Waals surface area (Å²) in [5.74, 6) is -1.15. The van der Waals surface area contributed by atoms with E-state index >= 15 is 0 Å². The van der Waals surface area contributed by atoms with Crippen LogP contribution in [0.1, 0.15) is 46.7 Å². The first-order valence-corrected chi connectivity index (χ1v) is 8.89. The number of Topliss-reactive ketones (excluding diaryl/α,β-unsaturated/α-hetero) is 2. The molecule has 3 nitrogen and oxygen atoms in total. The van der Waals surface area contributed by atoms with Crippen LogP contribution < -0.4 is 0 Å². The number of hydrogen-bond acceptors (Lipinski definition) is 3. The van der Waals surface area contributed by atoms with Gasteiger partial charge in [-0.1, -0.05) is 36.4 Å². The minimum absolute atomic E-state index is 0.00130. The lowest BCUT2D eigenvalue weighted by Gasteiger charge is -2.33. The summed E-state index contributed by atoms with van der Waals surface area (Å²) in [5.41, 5.74) is 4.53. The predicted octanol–water partition coefficient (Wildman–Crippen LogP) is 4.23. The van der Waals surface area contributed by atoms with Crippen LogP contribution in [-0.2, 0) is 4.79 Å². The van der Waals surface area contributed by atoms with Gasteiger partial charge in [-0.05, 0) is 30.5 Å². The van der Waals surface area contributed by atoms with Crippen molar-refractivity contribution in [3.63, 3.8) is 0 Å². The van der Waals surface area contributed by atoms with Crippen molar-refractivity contribution in [3.05, 3.63) is 82.3 Å². The summed E-state index contributed by atoms with van der Waals surface area (Å²) in [7, 11) is 0. The molecule has 2 aromatic rings. The Morgan fingerprint density at radius 2 is 1.62 bits per heavy atom. The summed E-state index contributed by atoms with van der Waals surface area (Å²) >= 11 is 0. The highest BCUT2D eigenvalue weighted by atomic mass is 19.1. The van der Waals surface area contributed by atoms with Crippen LogP contribution in [0.25, 0.3) is 0 Å². The average Bonchev–Trinajstić information content (AvgIpc) is 2.94. The number of ketones is 2. The van der Waals surface area contributed by atoms with Gasteiger partial charge in [0.25, 0.3) is 0 Å². The SMILES string of the molecule is O=C1CCCC2=C1[C@@H](c1ccc(F)cc1)[C@H]1C(=O)c3ccccc3C1=N2. The van der Waals surface area contributed by atoms with Crippen LogP contribution in [0.4, 0.5) is 4.39 Å². The van der Waals surface area contributed by atoms with Crippen LogP contribution in [0.15, 0.2) is 64.8 Å². The molecule has 0 amide bonds. The van der Waals surface area contributed by atoms with Crippen LogP contribution in [0.5, 0.6) is 0 Å². The van der Waals surface area contributed by atoms with Crippen LogP contribution in [0.3, 0.4) is 0 Å². The van der Waals surface area contributed by atoms with E-state index in [4.69, 9.17) is 4.99 Å². The molecule has 5 rings (SSSR count). The second-order valence-electron chi connectivity index (χ2n) is 7.05. The first kappa shape index (κ1) is 15.4. The van der Waals surface area contributed by atoms with E-state index in [9.17, 15) is 14.0 Å². The number of nitrogens with zero attached hydrogens (tertiary/aromatic N) is 1. The molecule has 0 N–H and O–H groups in total. The number of carbonyl (C=O) groups is 2. The van der Waals surface area contributed by atoms with Gasteiger partial charge in [-0.3, -0.25) is 14.6 Å². The molecule has 2 aromatic carbocycles. The molecule has 2 aliphatic carbocycles. The Labute approximate surface area is 150 Å². The monoisotopic (exact) mass is 345 g/mol. The number of allylic oxidation sites excluding steroid dienone is 2. The molecule has 4 heteroatoms. The van der Waals surface area contributed by atoms with E-state index in [1.807, 2.05) is 24.3 Å². The molecule has 0 saturated carbocycles. The quantitative estimate of drug-likeness (QED) is 0.776. The molecule has 0 spiro atoms. The van der Waals surface area contributed by atoms with Crippen molar-refractivity contribution >= 4 is 17.3 Å². The third kappa shape index (κ3) is 2.08. The Bertz CT molecular complexity index is 1020. The molecule has 0 fully saturated rings. The lowest BCUT2D eigenvalue weighted by atomic mass is 9.71. The Morgan fingerprint density at radius 1 is 0.885 bits per heavy atom. The van der Waals surface area contributed by atoms with Crippen molar-refractivity contribution in [1.82, 2.24) is 0 Å². The number of hydrogen-bond donors (Lipinski definition) is 0. The van der Waals surface area contributed by atoms with Gasteiger partial charge >= 0.3 is 0 Å². The van der Waals surface area contributed by atoms with Gasteiger partial charge in [-0.25, -0.2) is 4.39 Å². The smallest absolute Gasteiger partial charge is 0.173 e. The minimum Gasteiger partial charge on any atom is -0.294 e. The van der Waals surface area contributed by atoms with Crippen molar-refractivity contribution < 1.29 is 14.0 Å². The standard InChI is InChI=1S/C22H16FNO2/c23-13-10-8-12(9-11-13)18-19-16(6-3-7-17(19)25)24-21-14-4-1-2-5-15(14)22(26)20(18)21/h1-2,4-5,8-11,18,20H,3,6-7H2/t18-,20-/m1/s1. The Morgan fingerprint density at radius 3 is 2.38 bits per heavy atom. The molecule has 3 aliphatic rings. The van der Waals surface area contributed by atoms with Gasteiger partial charge < -0.3 is 0 Å². The van der Waals surface area contributed by atoms with Crippen molar-refractivity contribution in [3.8, 4) is 0 Å². The summed E-state index contributed by atoms with van der Waals surface area (Å²) in [6.07, 6.45) is 2.01. The molecule has 0 bridgehead atoms. The van der Waals surface area contributed by atoms with Crippen molar-refractivity contribution in [2.45, 2.75) is 25.2 Å². The molecule has 0 saturated heterocycles. The van der Waals surface area contributed by atoms with E-state index in [1.54, 1.807) is 12.1 Å². The van der Waals surface area contributed by atoms with Gasteiger partial charge in [0.05, 0.1) is 11.6 Å². The highest BCUT2D eigenvalue weighted by molar-refractivity contribution is 6.30. The lowest BCUT2D eigenvalue weighted by molar-refractivity contribution is -0.116. The molecular weight excluding hydrogens is 329 g/mol. The number of fused-ring (bicyclic) bond motifs is 3. The topological polar surface area (TPSA) is 46.5 Å². The van der Waals surface area contributed by atoms with Gasteiger partial charge in [0.2, 0.25) is 0 Å². The van der Waals surface area contributed by atoms with E-state index < -0.39 is 5.92 Å². The summed E-state index contributed by atoms with van der Waals surface area (Å²) in [6, 6.07) is 13.6. The Hall–Kier alpha value is -2.88. The number of carbonyl (C=O) groups excluding carboxylic acids is 2. The summed E-state index contributed by atoms with van der Waals surface area (Å²) < 4.78 is 13.5. The zero-order chi connectivity index (χ0) is 17.8. The van der Waals surface area contributed by atoms with Crippen LogP contribution in [0, 0.1) is 11.7 Å². The second-order valence-corrected chi connectivity index (χ2v) is 7.05. The summed E-state index contributed by atoms with van der Waals surface area (Å²) in [5, 5.41) is 0. The Balaban J connectivity index is 1.76. The normalized spacial score (nSPS) is 24.1. The van der Waals surface area contributed by atoms with E-state index in [2.05, 4.69) is 0 Å². The van der Waals surface area contributed by atoms with E-state index in [1.165, 1.54) is 12.1 Å². The zero-order valence-corrected chi connectivity index (χ0v) is 14.0. The first-order chi connectivity index (χ1) is 12.6. The Kier molecular flexibility index (Phi) is 3.29. The van der Waals surface area contributed by atoms with Crippen LogP contribution in [0.2, 0.25) is 0 Å². The highest BCUT2D eigenvalue weighted by Crippen LogP contribution is 2.48. The second kappa shape index (κ2) is 5.56. The van der Waals surface area contributed by atoms with E-state index in [-0.39, 0.29) is 23.3 Å². The average molecular weight is 345 g/mol. The highest BCUT2D eigenvalue weighted by Gasteiger charge is 2.48. The van der Waals surface area contributed by atoms with Gasteiger partial charge in [0.1, 0.15) is 5.82 Å². The molecule has 128 valence electrons. The third-order valence-corrected chi connectivity index (χ3v) is 5.60. The fourth-order valence-corrected chi connectivity index (χ4v) is 4.48. The molecule has 26 heavy (non-hydrogen) atoms. The largest absolute Gasteiger partial charge is 0.294 e. The molecule has 1 aliphatic heterocycles. The molecule has 2 atom stereocenters. The van der Waals surface area contributed by atoms with Crippen LogP contribution >= 0.6 is 0 Å². The third-order valence-electron chi connectivity index (χ3n) is 5.60. The van der Waals surface area contributed by atoms with E-state index in [0.29, 0.717) is 17.6 Å². The van der Waals surface area contributed by atoms with Crippen LogP contribution in [-0.4, -0.2) is 17.3 Å². The molecule has 1 heterocycles. The fourth-order valence-electron chi connectivity index (χ4n) is 4.48. The molecule has 0 unspecified atom stereocenters. The maximum Gasteiger partial charge on any atom is 0.173 e. The van der Waals surface area contributed by atoms with E-state index in [0.717, 1.165) is 35.4 Å². The van der Waals surface area contributed by atoms with Gasteiger partial charge in [-0.2, -0.15) is 0 Å². The maximum atomic E-state index is 13.5. The number of benzene rings is 2. The fraction of sp³-hybridized carbons (Fsp3) is 0.227. The van der Waals surface area contributed by atoms with Crippen molar-refractivity contribution in [2.24, 2.45) is 10.9 Å². The summed E-state index contributed by atoms with van der Waals surface area (Å²) in [4.78, 5) is 30.7. The first-order valence-electron chi connectivity index (χ1n) is 8.89. The zero-order valence-electron chi connectivity index (χ0n) is 14.0. The van der Waals surface area contributed by atoms with Gasteiger partial charge in [-0.15, -0.1) is 0 Å². The maximum absolute atomic E-state index is 13.5. The van der Waals surface area contributed by atoms with Crippen molar-refractivity contribution in [2.75, 3.05) is 0 Å². The van der Waals surface area contributed by atoms with Crippen molar-refractivity contribution in [1.29, 1.82) is 0 Å². The van der Waals surface area contributed by atoms with Gasteiger partial charge in [0.15, 0.2) is 11.6 Å². The van der Waals surface area contributed by atoms with Gasteiger partial charge in [0, 0.05) is 34.7 Å². The summed E-state index contributed by atoms with van der Waals surface area (Å²) in [6.45, 7) is 0. The lowest BCUT2D eigenvalue weighted by Crippen LogP contribution is -2.33. The molecular formula is C22H16FNO2. The number of halogens is 1. The predicted molar refractivity (Wildman–Crippen MR) is 95.8 cm³/mol.